The first kappa shape index (κ1) is 26.1. The van der Waals surface area contributed by atoms with Gasteiger partial charge in [-0.3, -0.25) is 4.79 Å². The van der Waals surface area contributed by atoms with Gasteiger partial charge in [-0.2, -0.15) is 0 Å². The highest BCUT2D eigenvalue weighted by atomic mass is 127. The number of benzene rings is 4. The van der Waals surface area contributed by atoms with E-state index in [9.17, 15) is 4.79 Å². The Kier molecular flexibility index (Phi) is 8.36. The smallest absolute Gasteiger partial charge is 0.264 e. The minimum absolute atomic E-state index is 0.168. The van der Waals surface area contributed by atoms with Gasteiger partial charge >= 0.3 is 0 Å². The number of fused-ring (bicyclic) bond motifs is 1. The second-order valence-corrected chi connectivity index (χ2v) is 11.6. The van der Waals surface area contributed by atoms with Crippen molar-refractivity contribution in [3.8, 4) is 11.5 Å². The molecule has 0 atom stereocenters. The number of hydrogen-bond acceptors (Lipinski definition) is 5. The van der Waals surface area contributed by atoms with Crippen LogP contribution in [0.25, 0.3) is 16.8 Å². The number of nitrogens with zero attached hydrogens (tertiary/aromatic N) is 1. The fourth-order valence-corrected chi connectivity index (χ4v) is 6.09. The summed E-state index contributed by atoms with van der Waals surface area (Å²) in [6.07, 6.45) is 1.86. The second-order valence-electron chi connectivity index (χ2n) is 8.15. The van der Waals surface area contributed by atoms with Crippen LogP contribution in [0.3, 0.4) is 0 Å². The first-order chi connectivity index (χ1) is 18.0. The van der Waals surface area contributed by atoms with Crippen molar-refractivity contribution < 1.29 is 14.3 Å². The Hall–Kier alpha value is -2.57. The number of rotatable bonds is 7. The molecule has 0 spiro atoms. The van der Waals surface area contributed by atoms with Crippen LogP contribution in [0, 0.1) is 7.14 Å². The summed E-state index contributed by atoms with van der Waals surface area (Å²) >= 11 is 5.83. The Morgan fingerprint density at radius 2 is 1.78 bits per heavy atom. The predicted octanol–water partition coefficient (Wildman–Crippen LogP) is 7.92. The molecule has 186 valence electrons. The Bertz CT molecular complexity index is 1550. The van der Waals surface area contributed by atoms with Crippen molar-refractivity contribution in [1.82, 2.24) is 5.32 Å². The van der Waals surface area contributed by atoms with Gasteiger partial charge in [-0.05, 0) is 122 Å². The van der Waals surface area contributed by atoms with Gasteiger partial charge in [0.25, 0.3) is 5.91 Å². The molecule has 0 saturated carbocycles. The molecule has 4 aromatic rings. The van der Waals surface area contributed by atoms with E-state index >= 15 is 0 Å². The zero-order valence-electron chi connectivity index (χ0n) is 19.8. The Balaban J connectivity index is 1.39. The third-order valence-electron chi connectivity index (χ3n) is 5.57. The van der Waals surface area contributed by atoms with E-state index < -0.39 is 0 Å². The molecule has 5 rings (SSSR count). The van der Waals surface area contributed by atoms with E-state index in [1.54, 1.807) is 0 Å². The summed E-state index contributed by atoms with van der Waals surface area (Å²) in [6.45, 7) is 2.87. The summed E-state index contributed by atoms with van der Waals surface area (Å²) in [7, 11) is 0. The molecule has 1 N–H and O–H groups in total. The number of halogens is 2. The summed E-state index contributed by atoms with van der Waals surface area (Å²) in [6, 6.07) is 26.3. The monoisotopic (exact) mass is 732 g/mol. The maximum Gasteiger partial charge on any atom is 0.264 e. The van der Waals surface area contributed by atoms with Crippen molar-refractivity contribution in [3.05, 3.63) is 102 Å². The molecule has 5 nitrogen and oxygen atoms in total. The summed E-state index contributed by atoms with van der Waals surface area (Å²) < 4.78 is 14.2. The lowest BCUT2D eigenvalue weighted by Crippen LogP contribution is -2.19. The topological polar surface area (TPSA) is 59.9 Å². The Labute approximate surface area is 247 Å². The molecule has 37 heavy (non-hydrogen) atoms. The van der Waals surface area contributed by atoms with E-state index in [2.05, 4.69) is 79.8 Å². The lowest BCUT2D eigenvalue weighted by molar-refractivity contribution is -0.115. The quantitative estimate of drug-likeness (QED) is 0.155. The molecule has 0 aliphatic carbocycles. The number of aliphatic imine (C=N–C) groups is 1. The normalized spacial score (nSPS) is 15.4. The molecule has 0 aromatic heterocycles. The van der Waals surface area contributed by atoms with Gasteiger partial charge in [-0.25, -0.2) is 4.99 Å². The van der Waals surface area contributed by atoms with Gasteiger partial charge in [0.1, 0.15) is 6.61 Å². The number of amides is 1. The van der Waals surface area contributed by atoms with Crippen LogP contribution in [0.15, 0.2) is 88.8 Å². The summed E-state index contributed by atoms with van der Waals surface area (Å²) in [4.78, 5) is 17.8. The number of amidine groups is 1. The minimum Gasteiger partial charge on any atom is -0.490 e. The summed E-state index contributed by atoms with van der Waals surface area (Å²) in [5.74, 6) is 1.18. The molecular weight excluding hydrogens is 710 g/mol. The van der Waals surface area contributed by atoms with Gasteiger partial charge in [-0.1, -0.05) is 48.5 Å². The molecule has 8 heteroatoms. The van der Waals surface area contributed by atoms with Gasteiger partial charge < -0.3 is 14.8 Å². The number of carbonyl (C=O) groups is 1. The highest BCUT2D eigenvalue weighted by Crippen LogP contribution is 2.37. The molecule has 1 aliphatic rings. The van der Waals surface area contributed by atoms with Gasteiger partial charge in [0.15, 0.2) is 16.7 Å². The molecule has 1 aliphatic heterocycles. The van der Waals surface area contributed by atoms with Crippen molar-refractivity contribution >= 4 is 90.6 Å². The third-order valence-corrected chi connectivity index (χ3v) is 7.95. The van der Waals surface area contributed by atoms with Crippen LogP contribution in [-0.2, 0) is 11.4 Å². The second kappa shape index (κ2) is 11.9. The van der Waals surface area contributed by atoms with E-state index in [4.69, 9.17) is 9.47 Å². The van der Waals surface area contributed by atoms with Gasteiger partial charge in [0.2, 0.25) is 0 Å². The number of thioether (sulfide) groups is 1. The number of nitrogens with one attached hydrogen (secondary N) is 1. The maximum absolute atomic E-state index is 12.6. The fourth-order valence-electron chi connectivity index (χ4n) is 3.94. The highest BCUT2D eigenvalue weighted by molar-refractivity contribution is 14.1. The van der Waals surface area contributed by atoms with Crippen molar-refractivity contribution in [2.45, 2.75) is 13.5 Å². The first-order valence-electron chi connectivity index (χ1n) is 11.6. The Morgan fingerprint density at radius 1 is 0.973 bits per heavy atom. The molecule has 1 amide bonds. The van der Waals surface area contributed by atoms with E-state index in [1.165, 1.54) is 22.5 Å². The summed E-state index contributed by atoms with van der Waals surface area (Å²) in [5, 5.41) is 5.77. The average Bonchev–Trinajstić information content (AvgIpc) is 3.21. The lowest BCUT2D eigenvalue weighted by Gasteiger charge is -2.16. The van der Waals surface area contributed by atoms with Crippen LogP contribution in [0.2, 0.25) is 0 Å². The summed E-state index contributed by atoms with van der Waals surface area (Å²) in [5.41, 5.74) is 2.77. The standard InChI is InChI=1S/C29H22I2N2O3S/c1-2-35-25-14-18(15-26-28(34)33-29(37-26)32-22-11-6-10-21(30)16-22)13-24(31)27(25)36-17-20-9-5-8-19-7-3-4-12-23(19)20/h3-16H,2,17H2,1H3,(H,32,33,34)/b26-15+. The van der Waals surface area contributed by atoms with Crippen molar-refractivity contribution in [2.75, 3.05) is 6.61 Å². The predicted molar refractivity (Wildman–Crippen MR) is 169 cm³/mol. The molecule has 0 radical (unpaired) electrons. The number of carbonyl (C=O) groups excluding carboxylic acids is 1. The molecule has 1 fully saturated rings. The molecule has 4 aromatic carbocycles. The van der Waals surface area contributed by atoms with Crippen LogP contribution >= 0.6 is 56.9 Å². The van der Waals surface area contributed by atoms with E-state index in [0.29, 0.717) is 34.8 Å². The minimum atomic E-state index is -0.168. The molecule has 0 unspecified atom stereocenters. The van der Waals surface area contributed by atoms with E-state index in [0.717, 1.165) is 24.0 Å². The Morgan fingerprint density at radius 3 is 2.62 bits per heavy atom. The van der Waals surface area contributed by atoms with Crippen LogP contribution in [-0.4, -0.2) is 17.7 Å². The van der Waals surface area contributed by atoms with Crippen molar-refractivity contribution in [3.63, 3.8) is 0 Å². The zero-order valence-corrected chi connectivity index (χ0v) is 25.0. The van der Waals surface area contributed by atoms with Crippen LogP contribution in [0.1, 0.15) is 18.1 Å². The van der Waals surface area contributed by atoms with Crippen LogP contribution in [0.4, 0.5) is 5.69 Å². The number of ether oxygens (including phenoxy) is 2. The number of hydrogen-bond donors (Lipinski definition) is 1. The zero-order chi connectivity index (χ0) is 25.8. The van der Waals surface area contributed by atoms with Gasteiger partial charge in [0.05, 0.1) is 20.8 Å². The molecule has 1 heterocycles. The van der Waals surface area contributed by atoms with Crippen LogP contribution < -0.4 is 14.8 Å². The van der Waals surface area contributed by atoms with Crippen molar-refractivity contribution in [2.24, 2.45) is 4.99 Å². The van der Waals surface area contributed by atoms with E-state index in [1.807, 2.05) is 67.6 Å². The molecule has 0 bridgehead atoms. The van der Waals surface area contributed by atoms with Crippen molar-refractivity contribution in [1.29, 1.82) is 0 Å². The van der Waals surface area contributed by atoms with Gasteiger partial charge in [0, 0.05) is 3.57 Å². The SMILES string of the molecule is CCOc1cc(/C=C2/SC(=Nc3cccc(I)c3)NC2=O)cc(I)c1OCc1cccc2ccccc12. The van der Waals surface area contributed by atoms with Gasteiger partial charge in [-0.15, -0.1) is 0 Å². The highest BCUT2D eigenvalue weighted by Gasteiger charge is 2.24. The first-order valence-corrected chi connectivity index (χ1v) is 14.6. The average molecular weight is 732 g/mol. The van der Waals surface area contributed by atoms with Crippen LogP contribution in [0.5, 0.6) is 11.5 Å². The maximum atomic E-state index is 12.6. The fraction of sp³-hybridized carbons (Fsp3) is 0.103. The van der Waals surface area contributed by atoms with E-state index in [-0.39, 0.29) is 5.91 Å². The largest absolute Gasteiger partial charge is 0.490 e. The lowest BCUT2D eigenvalue weighted by atomic mass is 10.1. The molecular formula is C29H22I2N2O3S. The third kappa shape index (κ3) is 6.29. The molecule has 1 saturated heterocycles.